The highest BCUT2D eigenvalue weighted by atomic mass is 35.5. The van der Waals surface area contributed by atoms with E-state index < -0.39 is 17.7 Å². The molecule has 0 radical (unpaired) electrons. The number of hydrogen-bond acceptors (Lipinski definition) is 4. The first kappa shape index (κ1) is 20.6. The van der Waals surface area contributed by atoms with Crippen LogP contribution in [0.3, 0.4) is 0 Å². The summed E-state index contributed by atoms with van der Waals surface area (Å²) < 4.78 is 0. The molecule has 0 fully saturated rings. The van der Waals surface area contributed by atoms with E-state index >= 15 is 0 Å². The smallest absolute Gasteiger partial charge is 0.290 e. The van der Waals surface area contributed by atoms with Gasteiger partial charge in [-0.1, -0.05) is 29.8 Å². The lowest BCUT2D eigenvalue weighted by Crippen LogP contribution is -3.12. The van der Waals surface area contributed by atoms with Gasteiger partial charge in [0, 0.05) is 5.02 Å². The van der Waals surface area contributed by atoms with Crippen LogP contribution in [0.1, 0.15) is 35.1 Å². The third kappa shape index (κ3) is 3.99. The number of likely N-dealkylation sites (N-methyl/N-ethyl adjacent to an activating group) is 1. The second-order valence-electron chi connectivity index (χ2n) is 6.73. The number of ketones is 1. The second-order valence-corrected chi connectivity index (χ2v) is 8.12. The van der Waals surface area contributed by atoms with Gasteiger partial charge in [0.1, 0.15) is 0 Å². The van der Waals surface area contributed by atoms with Gasteiger partial charge in [0.05, 0.1) is 42.7 Å². The molecule has 2 N–H and O–H groups in total. The molecule has 5 nitrogen and oxygen atoms in total. The summed E-state index contributed by atoms with van der Waals surface area (Å²) in [6.45, 7) is 7.27. The average Bonchev–Trinajstić information content (AvgIpc) is 3.31. The van der Waals surface area contributed by atoms with E-state index in [9.17, 15) is 14.7 Å². The molecular weight excluding hydrogens is 396 g/mol. The summed E-state index contributed by atoms with van der Waals surface area (Å²) in [7, 11) is 0. The Kier molecular flexibility index (Phi) is 6.54. The fraction of sp³-hybridized carbons (Fsp3) is 0.333. The molecule has 0 aliphatic carbocycles. The molecule has 1 aromatic carbocycles. The van der Waals surface area contributed by atoms with Gasteiger partial charge in [0.15, 0.2) is 5.76 Å². The number of halogens is 1. The van der Waals surface area contributed by atoms with Crippen LogP contribution in [0.4, 0.5) is 0 Å². The van der Waals surface area contributed by atoms with E-state index in [0.717, 1.165) is 25.2 Å². The van der Waals surface area contributed by atoms with Crippen molar-refractivity contribution in [3.05, 3.63) is 68.6 Å². The van der Waals surface area contributed by atoms with Gasteiger partial charge in [-0.15, -0.1) is 11.3 Å². The molecule has 1 amide bonds. The van der Waals surface area contributed by atoms with Crippen LogP contribution in [0.25, 0.3) is 0 Å². The van der Waals surface area contributed by atoms with Crippen molar-refractivity contribution in [1.82, 2.24) is 4.90 Å². The maximum atomic E-state index is 13.1. The highest BCUT2D eigenvalue weighted by molar-refractivity contribution is 7.12. The van der Waals surface area contributed by atoms with E-state index in [2.05, 4.69) is 13.8 Å². The highest BCUT2D eigenvalue weighted by Gasteiger charge is 2.44. The predicted octanol–water partition coefficient (Wildman–Crippen LogP) is 2.90. The zero-order valence-electron chi connectivity index (χ0n) is 15.9. The Bertz CT molecular complexity index is 891. The number of Topliss-reactive ketones (excluding diaryl/α,β-unsaturated/α-hetero) is 1. The van der Waals surface area contributed by atoms with Crippen LogP contribution < -0.4 is 4.90 Å². The molecule has 148 valence electrons. The highest BCUT2D eigenvalue weighted by Crippen LogP contribution is 2.39. The summed E-state index contributed by atoms with van der Waals surface area (Å²) >= 11 is 7.47. The fourth-order valence-corrected chi connectivity index (χ4v) is 4.44. The number of thiophene rings is 1. The van der Waals surface area contributed by atoms with Gasteiger partial charge in [0.2, 0.25) is 5.78 Å². The minimum atomic E-state index is -0.643. The number of benzene rings is 1. The first-order chi connectivity index (χ1) is 13.5. The summed E-state index contributed by atoms with van der Waals surface area (Å²) in [4.78, 5) is 29.4. The topological polar surface area (TPSA) is 62.1 Å². The summed E-state index contributed by atoms with van der Waals surface area (Å²) in [5.74, 6) is -1.28. The summed E-state index contributed by atoms with van der Waals surface area (Å²) in [5.41, 5.74) is 0.851. The Morgan fingerprint density at radius 3 is 2.61 bits per heavy atom. The molecule has 28 heavy (non-hydrogen) atoms. The third-order valence-corrected chi connectivity index (χ3v) is 6.27. The molecule has 1 atom stereocenters. The number of nitrogens with one attached hydrogen (secondary N) is 1. The van der Waals surface area contributed by atoms with Crippen molar-refractivity contribution in [2.75, 3.05) is 26.2 Å². The molecule has 2 aromatic rings. The zero-order chi connectivity index (χ0) is 20.3. The SMILES string of the molecule is CC[NH+](CC)CCN1C(=O)C(O)=C(C(=O)c2cccs2)[C@H]1c1cccc(Cl)c1. The molecule has 2 heterocycles. The van der Waals surface area contributed by atoms with Crippen LogP contribution in [-0.4, -0.2) is 47.9 Å². The number of aliphatic hydroxyl groups is 1. The Morgan fingerprint density at radius 2 is 2.00 bits per heavy atom. The lowest BCUT2D eigenvalue weighted by Gasteiger charge is -2.28. The van der Waals surface area contributed by atoms with Gasteiger partial charge < -0.3 is 14.9 Å². The molecule has 1 aliphatic rings. The van der Waals surface area contributed by atoms with E-state index in [1.165, 1.54) is 16.2 Å². The number of rotatable bonds is 8. The largest absolute Gasteiger partial charge is 0.503 e. The van der Waals surface area contributed by atoms with Crippen LogP contribution in [0.15, 0.2) is 53.1 Å². The van der Waals surface area contributed by atoms with E-state index in [0.29, 0.717) is 16.4 Å². The lowest BCUT2D eigenvalue weighted by atomic mass is 9.95. The molecule has 1 aromatic heterocycles. The van der Waals surface area contributed by atoms with Crippen LogP contribution in [0.2, 0.25) is 5.02 Å². The Balaban J connectivity index is 2.01. The van der Waals surface area contributed by atoms with Crippen molar-refractivity contribution < 1.29 is 19.6 Å². The molecule has 7 heteroatoms. The maximum Gasteiger partial charge on any atom is 0.290 e. The molecule has 1 aliphatic heterocycles. The maximum absolute atomic E-state index is 13.1. The van der Waals surface area contributed by atoms with Gasteiger partial charge in [-0.25, -0.2) is 0 Å². The standard InChI is InChI=1S/C21H23ClN2O3S/c1-3-23(4-2)10-11-24-18(14-7-5-8-15(22)13-14)17(20(26)21(24)27)19(25)16-9-6-12-28-16/h5-9,12-13,18,26H,3-4,10-11H2,1-2H3/p+1/t18-/m1/s1. The first-order valence-corrected chi connectivity index (χ1v) is 10.6. The minimum absolute atomic E-state index is 0.129. The van der Waals surface area contributed by atoms with E-state index in [1.54, 1.807) is 40.6 Å². The van der Waals surface area contributed by atoms with Crippen molar-refractivity contribution in [3.8, 4) is 0 Å². The number of hydrogen-bond donors (Lipinski definition) is 2. The summed E-state index contributed by atoms with van der Waals surface area (Å²) in [6.07, 6.45) is 0. The number of quaternary nitrogens is 1. The van der Waals surface area contributed by atoms with Crippen LogP contribution in [-0.2, 0) is 4.79 Å². The quantitative estimate of drug-likeness (QED) is 0.647. The zero-order valence-corrected chi connectivity index (χ0v) is 17.5. The van der Waals surface area contributed by atoms with Crippen molar-refractivity contribution in [2.45, 2.75) is 19.9 Å². The monoisotopic (exact) mass is 419 g/mol. The van der Waals surface area contributed by atoms with Gasteiger partial charge in [-0.3, -0.25) is 9.59 Å². The molecule has 0 saturated heterocycles. The van der Waals surface area contributed by atoms with Crippen LogP contribution in [0, 0.1) is 0 Å². The van der Waals surface area contributed by atoms with Crippen LogP contribution >= 0.6 is 22.9 Å². The normalized spacial score (nSPS) is 17.1. The second kappa shape index (κ2) is 8.90. The molecule has 0 spiro atoms. The summed E-state index contributed by atoms with van der Waals surface area (Å²) in [6, 6.07) is 9.96. The van der Waals surface area contributed by atoms with Gasteiger partial charge in [-0.05, 0) is 43.0 Å². The molecular formula is C21H24ClN2O3S+. The minimum Gasteiger partial charge on any atom is -0.503 e. The lowest BCUT2D eigenvalue weighted by molar-refractivity contribution is -0.895. The Hall–Kier alpha value is -2.15. The van der Waals surface area contributed by atoms with Crippen molar-refractivity contribution in [1.29, 1.82) is 0 Å². The van der Waals surface area contributed by atoms with Crippen molar-refractivity contribution in [2.24, 2.45) is 0 Å². The van der Waals surface area contributed by atoms with Gasteiger partial charge in [0.25, 0.3) is 5.91 Å². The fourth-order valence-electron chi connectivity index (χ4n) is 3.56. The number of carbonyl (C=O) groups is 2. The number of nitrogens with zero attached hydrogens (tertiary/aromatic N) is 1. The van der Waals surface area contributed by atoms with E-state index in [4.69, 9.17) is 11.6 Å². The predicted molar refractivity (Wildman–Crippen MR) is 111 cm³/mol. The Morgan fingerprint density at radius 1 is 1.25 bits per heavy atom. The average molecular weight is 420 g/mol. The van der Waals surface area contributed by atoms with E-state index in [1.807, 2.05) is 6.07 Å². The van der Waals surface area contributed by atoms with E-state index in [-0.39, 0.29) is 11.4 Å². The van der Waals surface area contributed by atoms with Crippen molar-refractivity contribution in [3.63, 3.8) is 0 Å². The van der Waals surface area contributed by atoms with Crippen molar-refractivity contribution >= 4 is 34.6 Å². The van der Waals surface area contributed by atoms with Gasteiger partial charge in [-0.2, -0.15) is 0 Å². The third-order valence-electron chi connectivity index (χ3n) is 5.16. The van der Waals surface area contributed by atoms with Crippen LogP contribution in [0.5, 0.6) is 0 Å². The van der Waals surface area contributed by atoms with Gasteiger partial charge >= 0.3 is 0 Å². The number of aliphatic hydroxyl groups excluding tert-OH is 1. The first-order valence-electron chi connectivity index (χ1n) is 9.39. The molecule has 0 bridgehead atoms. The Labute approximate surface area is 173 Å². The molecule has 0 unspecified atom stereocenters. The number of carbonyl (C=O) groups excluding carboxylic acids is 2. The number of amides is 1. The summed E-state index contributed by atoms with van der Waals surface area (Å²) in [5, 5.41) is 12.9. The molecule has 3 rings (SSSR count). The molecule has 0 saturated carbocycles.